The van der Waals surface area contributed by atoms with Crippen molar-refractivity contribution in [1.29, 1.82) is 0 Å². The molecule has 2 amide bonds. The summed E-state index contributed by atoms with van der Waals surface area (Å²) in [6.07, 6.45) is 0.684. The normalized spacial score (nSPS) is 15.4. The summed E-state index contributed by atoms with van der Waals surface area (Å²) in [6.45, 7) is 6.09. The maximum atomic E-state index is 12.9. The van der Waals surface area contributed by atoms with Gasteiger partial charge in [0.25, 0.3) is 5.91 Å². The third-order valence-electron chi connectivity index (χ3n) is 5.92. The smallest absolute Gasteiger partial charge is 0.289 e. The number of amides is 2. The van der Waals surface area contributed by atoms with Gasteiger partial charge in [-0.1, -0.05) is 6.92 Å². The van der Waals surface area contributed by atoms with E-state index in [0.29, 0.717) is 67.7 Å². The van der Waals surface area contributed by atoms with Crippen molar-refractivity contribution in [1.82, 2.24) is 9.80 Å². The van der Waals surface area contributed by atoms with Crippen molar-refractivity contribution in [3.8, 4) is 11.5 Å². The van der Waals surface area contributed by atoms with Gasteiger partial charge in [0.2, 0.25) is 12.7 Å². The Kier molecular flexibility index (Phi) is 7.18. The lowest BCUT2D eigenvalue weighted by atomic mass is 10.1. The van der Waals surface area contributed by atoms with E-state index in [2.05, 4.69) is 5.32 Å². The molecule has 1 N–H and O–H groups in total. The Morgan fingerprint density at radius 1 is 1.06 bits per heavy atom. The van der Waals surface area contributed by atoms with Crippen LogP contribution >= 0.6 is 0 Å². The van der Waals surface area contributed by atoms with Gasteiger partial charge < -0.3 is 28.8 Å². The monoisotopic (exact) mass is 471 g/mol. The lowest BCUT2D eigenvalue weighted by Gasteiger charge is -2.33. The largest absolute Gasteiger partial charge is 0.456 e. The fraction of sp³-hybridized carbons (Fsp3) is 0.458. The van der Waals surface area contributed by atoms with Gasteiger partial charge in [-0.3, -0.25) is 19.3 Å². The molecule has 0 spiro atoms. The van der Waals surface area contributed by atoms with Gasteiger partial charge in [-0.05, 0) is 19.1 Å². The summed E-state index contributed by atoms with van der Waals surface area (Å²) in [5.74, 6) is 1.46. The zero-order chi connectivity index (χ0) is 24.2. The van der Waals surface area contributed by atoms with Gasteiger partial charge in [0.05, 0.1) is 18.8 Å². The van der Waals surface area contributed by atoms with E-state index in [1.807, 2.05) is 11.8 Å². The van der Waals surface area contributed by atoms with Crippen LogP contribution in [-0.2, 0) is 22.6 Å². The first-order valence-electron chi connectivity index (χ1n) is 11.3. The molecular weight excluding hydrogens is 442 g/mol. The van der Waals surface area contributed by atoms with Crippen LogP contribution in [-0.4, -0.2) is 74.0 Å². The highest BCUT2D eigenvalue weighted by Crippen LogP contribution is 2.37. The Morgan fingerprint density at radius 2 is 1.76 bits per heavy atom. The molecule has 10 heteroatoms. The number of benzene rings is 1. The number of hydrogen-bond acceptors (Lipinski definition) is 8. The lowest BCUT2D eigenvalue weighted by Crippen LogP contribution is -2.50. The molecular formula is C24H29N3O7. The Morgan fingerprint density at radius 3 is 2.41 bits per heavy atom. The molecule has 1 fully saturated rings. The maximum Gasteiger partial charge on any atom is 0.289 e. The van der Waals surface area contributed by atoms with Crippen LogP contribution in [0.5, 0.6) is 11.5 Å². The van der Waals surface area contributed by atoms with Crippen molar-refractivity contribution in [2.45, 2.75) is 26.9 Å². The summed E-state index contributed by atoms with van der Waals surface area (Å²) < 4.78 is 21.6. The quantitative estimate of drug-likeness (QED) is 0.584. The van der Waals surface area contributed by atoms with Crippen molar-refractivity contribution < 1.29 is 33.0 Å². The number of aryl methyl sites for hydroxylation is 1. The number of methoxy groups -OCH3 is 1. The molecule has 0 radical (unpaired) electrons. The first-order valence-corrected chi connectivity index (χ1v) is 11.3. The number of carbonyl (C=O) groups is 3. The minimum atomic E-state index is -0.246. The topological polar surface area (TPSA) is 111 Å². The second-order valence-corrected chi connectivity index (χ2v) is 8.27. The molecule has 10 nitrogen and oxygen atoms in total. The molecule has 1 aromatic heterocycles. The Bertz CT molecular complexity index is 1090. The lowest BCUT2D eigenvalue weighted by molar-refractivity contribution is -0.117. The van der Waals surface area contributed by atoms with Crippen molar-refractivity contribution >= 4 is 23.3 Å². The molecule has 0 atom stereocenters. The van der Waals surface area contributed by atoms with Crippen LogP contribution in [0.3, 0.4) is 0 Å². The minimum Gasteiger partial charge on any atom is -0.456 e. The van der Waals surface area contributed by atoms with Gasteiger partial charge in [0.1, 0.15) is 5.76 Å². The Labute approximate surface area is 197 Å². The van der Waals surface area contributed by atoms with Crippen molar-refractivity contribution in [3.63, 3.8) is 0 Å². The molecule has 0 unspecified atom stereocenters. The Hall–Kier alpha value is -3.37. The van der Waals surface area contributed by atoms with Gasteiger partial charge in [0.15, 0.2) is 23.0 Å². The third-order valence-corrected chi connectivity index (χ3v) is 5.92. The second-order valence-electron chi connectivity index (χ2n) is 8.27. The minimum absolute atomic E-state index is 0.0819. The number of fused-ring (bicyclic) bond motifs is 1. The van der Waals surface area contributed by atoms with E-state index >= 15 is 0 Å². The summed E-state index contributed by atoms with van der Waals surface area (Å²) in [6, 6.07) is 4.95. The van der Waals surface area contributed by atoms with E-state index in [9.17, 15) is 14.4 Å². The van der Waals surface area contributed by atoms with Crippen LogP contribution in [0.25, 0.3) is 0 Å². The number of hydrogen-bond donors (Lipinski definition) is 1. The van der Waals surface area contributed by atoms with Gasteiger partial charge in [-0.25, -0.2) is 0 Å². The van der Waals surface area contributed by atoms with Gasteiger partial charge in [-0.15, -0.1) is 0 Å². The number of piperazine rings is 1. The molecule has 2 aromatic rings. The highest BCUT2D eigenvalue weighted by atomic mass is 16.7. The molecule has 2 aliphatic heterocycles. The van der Waals surface area contributed by atoms with Crippen molar-refractivity contribution in [2.75, 3.05) is 51.9 Å². The standard InChI is InChI=1S/C24H29N3O7/c1-4-19-16(13-31-3)9-22(34-19)24(30)27-7-5-26(6-8-27)12-23(29)25-18-11-21-20(32-14-33-21)10-17(18)15(2)28/h9-11H,4-8,12-14H2,1-3H3,(H,25,29). The van der Waals surface area contributed by atoms with Crippen LogP contribution in [0.4, 0.5) is 5.69 Å². The zero-order valence-electron chi connectivity index (χ0n) is 19.6. The average Bonchev–Trinajstić information content (AvgIpc) is 3.45. The van der Waals surface area contributed by atoms with Gasteiger partial charge in [-0.2, -0.15) is 0 Å². The van der Waals surface area contributed by atoms with Crippen molar-refractivity contribution in [2.24, 2.45) is 0 Å². The van der Waals surface area contributed by atoms with Crippen molar-refractivity contribution in [3.05, 3.63) is 40.8 Å². The third kappa shape index (κ3) is 5.07. The van der Waals surface area contributed by atoms with Gasteiger partial charge in [0, 0.05) is 56.9 Å². The zero-order valence-corrected chi connectivity index (χ0v) is 19.6. The number of ketones is 1. The van der Waals surface area contributed by atoms with E-state index < -0.39 is 0 Å². The number of ether oxygens (including phenoxy) is 3. The summed E-state index contributed by atoms with van der Waals surface area (Å²) >= 11 is 0. The molecule has 1 aromatic carbocycles. The highest BCUT2D eigenvalue weighted by molar-refractivity contribution is 6.05. The first-order chi connectivity index (χ1) is 16.4. The summed E-state index contributed by atoms with van der Waals surface area (Å²) in [5, 5.41) is 2.81. The van der Waals surface area contributed by atoms with E-state index in [1.165, 1.54) is 6.92 Å². The predicted molar refractivity (Wildman–Crippen MR) is 122 cm³/mol. The molecule has 0 aliphatic carbocycles. The Balaban J connectivity index is 1.33. The van der Waals surface area contributed by atoms with Crippen LogP contribution in [0, 0.1) is 0 Å². The number of furan rings is 1. The van der Waals surface area contributed by atoms with Crippen LogP contribution < -0.4 is 14.8 Å². The van der Waals surface area contributed by atoms with E-state index in [1.54, 1.807) is 30.2 Å². The van der Waals surface area contributed by atoms with E-state index in [-0.39, 0.29) is 30.9 Å². The summed E-state index contributed by atoms with van der Waals surface area (Å²) in [4.78, 5) is 41.3. The molecule has 4 rings (SSSR count). The molecule has 34 heavy (non-hydrogen) atoms. The summed E-state index contributed by atoms with van der Waals surface area (Å²) in [5.41, 5.74) is 1.65. The number of nitrogens with one attached hydrogen (secondary N) is 1. The molecule has 3 heterocycles. The molecule has 1 saturated heterocycles. The second kappa shape index (κ2) is 10.3. The fourth-order valence-electron chi connectivity index (χ4n) is 4.14. The summed E-state index contributed by atoms with van der Waals surface area (Å²) in [7, 11) is 1.61. The van der Waals surface area contributed by atoms with E-state index in [0.717, 1.165) is 11.3 Å². The predicted octanol–water partition coefficient (Wildman–Crippen LogP) is 2.32. The number of carbonyl (C=O) groups excluding carboxylic acids is 3. The number of Topliss-reactive ketones (excluding diaryl/α,β-unsaturated/α-hetero) is 1. The molecule has 182 valence electrons. The SMILES string of the molecule is CCc1oc(C(=O)N2CCN(CC(=O)Nc3cc4c(cc3C(C)=O)OCO4)CC2)cc1COC. The van der Waals surface area contributed by atoms with Crippen LogP contribution in [0.15, 0.2) is 22.6 Å². The van der Waals surface area contributed by atoms with Crippen LogP contribution in [0.1, 0.15) is 46.1 Å². The van der Waals surface area contributed by atoms with E-state index in [4.69, 9.17) is 18.6 Å². The fourth-order valence-corrected chi connectivity index (χ4v) is 4.14. The molecule has 0 saturated carbocycles. The average molecular weight is 472 g/mol. The molecule has 2 aliphatic rings. The molecule has 0 bridgehead atoms. The number of rotatable bonds is 8. The number of nitrogens with zero attached hydrogens (tertiary/aromatic N) is 2. The number of anilines is 1. The highest BCUT2D eigenvalue weighted by Gasteiger charge is 2.27. The van der Waals surface area contributed by atoms with Crippen LogP contribution in [0.2, 0.25) is 0 Å². The first kappa shape index (κ1) is 23.8. The maximum absolute atomic E-state index is 12.9. The van der Waals surface area contributed by atoms with Gasteiger partial charge >= 0.3 is 0 Å².